The second-order valence-corrected chi connectivity index (χ2v) is 12.9. The molecule has 6 rings (SSSR count). The van der Waals surface area contributed by atoms with Crippen molar-refractivity contribution in [3.63, 3.8) is 0 Å². The number of benzene rings is 2. The van der Waals surface area contributed by atoms with Crippen LogP contribution in [0.25, 0.3) is 0 Å². The molecule has 2 aromatic carbocycles. The molecule has 3 aliphatic heterocycles. The highest BCUT2D eigenvalue weighted by molar-refractivity contribution is 6.42. The molecule has 3 aliphatic rings. The summed E-state index contributed by atoms with van der Waals surface area (Å²) < 4.78 is 20.9. The van der Waals surface area contributed by atoms with Crippen LogP contribution in [0.5, 0.6) is 5.75 Å². The number of hydrogen-bond acceptors (Lipinski definition) is 10. The molecule has 0 aliphatic carbocycles. The lowest BCUT2D eigenvalue weighted by atomic mass is 10.0. The zero-order chi connectivity index (χ0) is 33.8. The number of ether oxygens (including phenoxy) is 1. The largest absolute Gasteiger partial charge is 0.494 e. The Hall–Kier alpha value is -3.68. The zero-order valence-electron chi connectivity index (χ0n) is 27.2. The van der Waals surface area contributed by atoms with Crippen molar-refractivity contribution in [2.45, 2.75) is 38.3 Å². The van der Waals surface area contributed by atoms with Crippen LogP contribution in [0.3, 0.4) is 0 Å². The third-order valence-electron chi connectivity index (χ3n) is 9.41. The summed E-state index contributed by atoms with van der Waals surface area (Å²) in [5.41, 5.74) is 2.45. The number of rotatable bonds is 10. The van der Waals surface area contributed by atoms with Crippen LogP contribution in [-0.2, 0) is 9.63 Å². The van der Waals surface area contributed by atoms with Crippen molar-refractivity contribution in [2.24, 2.45) is 0 Å². The molecule has 4 heterocycles. The summed E-state index contributed by atoms with van der Waals surface area (Å²) in [6.45, 7) is 13.5. The molecule has 1 atom stereocenters. The van der Waals surface area contributed by atoms with E-state index in [1.165, 1.54) is 12.4 Å². The second-order valence-electron chi connectivity index (χ2n) is 12.1. The molecule has 256 valence electrons. The van der Waals surface area contributed by atoms with Gasteiger partial charge in [0, 0.05) is 69.4 Å². The average molecular weight is 700 g/mol. The van der Waals surface area contributed by atoms with Crippen molar-refractivity contribution in [1.29, 1.82) is 0 Å². The Kier molecular flexibility index (Phi) is 10.9. The number of hydrogen-bond donors (Lipinski definition) is 2. The molecule has 1 amide bonds. The molecule has 0 bridgehead atoms. The number of amides is 1. The first-order valence-corrected chi connectivity index (χ1v) is 17.1. The van der Waals surface area contributed by atoms with Crippen LogP contribution in [0.15, 0.2) is 49.3 Å². The molecule has 0 spiro atoms. The first kappa shape index (κ1) is 34.2. The summed E-state index contributed by atoms with van der Waals surface area (Å²) in [7, 11) is 1.61. The fourth-order valence-corrected chi connectivity index (χ4v) is 7.07. The van der Waals surface area contributed by atoms with E-state index in [2.05, 4.69) is 48.8 Å². The van der Waals surface area contributed by atoms with Crippen LogP contribution < -0.4 is 25.3 Å². The normalized spacial score (nSPS) is 19.4. The van der Waals surface area contributed by atoms with E-state index in [-0.39, 0.29) is 16.0 Å². The van der Waals surface area contributed by atoms with Crippen molar-refractivity contribution in [3.8, 4) is 5.75 Å². The summed E-state index contributed by atoms with van der Waals surface area (Å²) in [6, 6.07) is 8.74. The quantitative estimate of drug-likeness (QED) is 0.186. The maximum Gasteiger partial charge on any atom is 0.247 e. The number of aromatic nitrogens is 2. The van der Waals surface area contributed by atoms with Crippen LogP contribution in [-0.4, -0.2) is 91.2 Å². The van der Waals surface area contributed by atoms with Gasteiger partial charge in [-0.1, -0.05) is 42.8 Å². The third-order valence-corrected chi connectivity index (χ3v) is 10.2. The van der Waals surface area contributed by atoms with E-state index in [1.54, 1.807) is 30.4 Å². The standard InChI is InChI=1S/C34H41Cl2FN8O3/c1-4-32(46)41-25-18-26(29(47-3)19-28(25)44-11-8-22(9-12-44)43-15-13-42(5-2)14-16-43)40-30-20-31(39-21-38-30)45-27(10-17-48-45)23-6-7-24(35)33(36)34(23)37/h4,6-7,18-22,27H,1,5,8-17H2,2-3H3,(H,41,46)(H,38,39,40). The summed E-state index contributed by atoms with van der Waals surface area (Å²) in [5, 5.41) is 7.87. The van der Waals surface area contributed by atoms with Gasteiger partial charge < -0.3 is 25.2 Å². The molecule has 14 heteroatoms. The van der Waals surface area contributed by atoms with Gasteiger partial charge in [-0.3, -0.25) is 14.5 Å². The van der Waals surface area contributed by atoms with Gasteiger partial charge in [0.25, 0.3) is 0 Å². The van der Waals surface area contributed by atoms with E-state index < -0.39 is 11.9 Å². The van der Waals surface area contributed by atoms with E-state index in [0.717, 1.165) is 64.3 Å². The summed E-state index contributed by atoms with van der Waals surface area (Å²) in [6.07, 6.45) is 5.26. The maximum atomic E-state index is 15.1. The number of nitrogens with one attached hydrogen (secondary N) is 2. The lowest BCUT2D eigenvalue weighted by Crippen LogP contribution is -2.53. The maximum absolute atomic E-state index is 15.1. The van der Waals surface area contributed by atoms with Gasteiger partial charge >= 0.3 is 0 Å². The van der Waals surface area contributed by atoms with Crippen LogP contribution in [0.4, 0.5) is 33.1 Å². The van der Waals surface area contributed by atoms with E-state index in [1.807, 2.05) is 12.1 Å². The number of methoxy groups -OCH3 is 1. The number of hydroxylamine groups is 1. The van der Waals surface area contributed by atoms with Gasteiger partial charge in [-0.05, 0) is 37.6 Å². The molecule has 2 N–H and O–H groups in total. The van der Waals surface area contributed by atoms with Crippen LogP contribution >= 0.6 is 23.2 Å². The number of halogens is 3. The molecule has 1 unspecified atom stereocenters. The van der Waals surface area contributed by atoms with Gasteiger partial charge in [0.1, 0.15) is 23.7 Å². The lowest BCUT2D eigenvalue weighted by molar-refractivity contribution is -0.111. The molecule has 0 saturated carbocycles. The smallest absolute Gasteiger partial charge is 0.247 e. The molecule has 3 aromatic rings. The minimum absolute atomic E-state index is 0.129. The SMILES string of the molecule is C=CC(=O)Nc1cc(Nc2cc(N3OCCC3c3ccc(Cl)c(Cl)c3F)ncn2)c(OC)cc1N1CCC(N2CCN(CC)CC2)CC1. The molecule has 3 fully saturated rings. The predicted octanol–water partition coefficient (Wildman–Crippen LogP) is 6.29. The summed E-state index contributed by atoms with van der Waals surface area (Å²) >= 11 is 12.1. The predicted molar refractivity (Wildman–Crippen MR) is 188 cm³/mol. The van der Waals surface area contributed by atoms with Crippen molar-refractivity contribution < 1.29 is 18.8 Å². The lowest BCUT2D eigenvalue weighted by Gasteiger charge is -2.43. The van der Waals surface area contributed by atoms with Crippen LogP contribution in [0.1, 0.15) is 37.8 Å². The monoisotopic (exact) mass is 698 g/mol. The molecule has 1 aromatic heterocycles. The summed E-state index contributed by atoms with van der Waals surface area (Å²) in [5.74, 6) is 0.546. The van der Waals surface area contributed by atoms with Gasteiger partial charge in [0.2, 0.25) is 5.91 Å². The summed E-state index contributed by atoms with van der Waals surface area (Å²) in [4.78, 5) is 34.7. The number of piperazine rings is 1. The van der Waals surface area contributed by atoms with E-state index in [0.29, 0.717) is 53.4 Å². The van der Waals surface area contributed by atoms with Crippen molar-refractivity contribution in [1.82, 2.24) is 19.8 Å². The molecule has 11 nitrogen and oxygen atoms in total. The van der Waals surface area contributed by atoms with Gasteiger partial charge in [0.05, 0.1) is 46.9 Å². The van der Waals surface area contributed by atoms with Gasteiger partial charge in [-0.25, -0.2) is 19.4 Å². The first-order chi connectivity index (χ1) is 23.3. The van der Waals surface area contributed by atoms with Crippen molar-refractivity contribution in [3.05, 3.63) is 70.7 Å². The van der Waals surface area contributed by atoms with E-state index >= 15 is 4.39 Å². The first-order valence-electron chi connectivity index (χ1n) is 16.3. The molecular weight excluding hydrogens is 658 g/mol. The van der Waals surface area contributed by atoms with Crippen LogP contribution in [0.2, 0.25) is 10.0 Å². The van der Waals surface area contributed by atoms with Crippen LogP contribution in [0, 0.1) is 5.82 Å². The number of carbonyl (C=O) groups excluding carboxylic acids is 1. The van der Waals surface area contributed by atoms with Crippen molar-refractivity contribution >= 4 is 57.8 Å². The third kappa shape index (κ3) is 7.32. The molecule has 0 radical (unpaired) electrons. The Morgan fingerprint density at radius 3 is 2.56 bits per heavy atom. The van der Waals surface area contributed by atoms with Gasteiger partial charge in [-0.2, -0.15) is 0 Å². The highest BCUT2D eigenvalue weighted by Crippen LogP contribution is 2.41. The molecule has 48 heavy (non-hydrogen) atoms. The topological polar surface area (TPSA) is 98.3 Å². The Morgan fingerprint density at radius 2 is 1.85 bits per heavy atom. The van der Waals surface area contributed by atoms with Crippen molar-refractivity contribution in [2.75, 3.05) is 80.1 Å². The van der Waals surface area contributed by atoms with Gasteiger partial charge in [0.15, 0.2) is 5.82 Å². The Bertz CT molecular complexity index is 1630. The second kappa shape index (κ2) is 15.3. The van der Waals surface area contributed by atoms with E-state index in [9.17, 15) is 4.79 Å². The number of carbonyl (C=O) groups is 1. The highest BCUT2D eigenvalue weighted by atomic mass is 35.5. The Balaban J connectivity index is 1.22. The fraction of sp³-hybridized carbons (Fsp3) is 0.441. The minimum Gasteiger partial charge on any atom is -0.494 e. The Labute approximate surface area is 290 Å². The number of piperidine rings is 1. The zero-order valence-corrected chi connectivity index (χ0v) is 28.7. The molecular formula is C34H41Cl2FN8O3. The number of nitrogens with zero attached hydrogens (tertiary/aromatic N) is 6. The molecule has 3 saturated heterocycles. The fourth-order valence-electron chi connectivity index (χ4n) is 6.75. The number of anilines is 5. The highest BCUT2D eigenvalue weighted by Gasteiger charge is 2.33. The Morgan fingerprint density at radius 1 is 1.08 bits per heavy atom. The van der Waals surface area contributed by atoms with Gasteiger partial charge in [-0.15, -0.1) is 0 Å². The minimum atomic E-state index is -0.588. The van der Waals surface area contributed by atoms with E-state index in [4.69, 9.17) is 32.8 Å². The average Bonchev–Trinajstić information content (AvgIpc) is 3.61. The number of likely N-dealkylation sites (N-methyl/N-ethyl adjacent to an activating group) is 1.